The van der Waals surface area contributed by atoms with E-state index >= 15 is 0 Å². The van der Waals surface area contributed by atoms with E-state index in [0.29, 0.717) is 17.7 Å². The van der Waals surface area contributed by atoms with Gasteiger partial charge in [0.25, 0.3) is 0 Å². The maximum absolute atomic E-state index is 11.8. The lowest BCUT2D eigenvalue weighted by molar-refractivity contribution is 0.410. The number of aryl methyl sites for hydroxylation is 1. The molecule has 0 bridgehead atoms. The van der Waals surface area contributed by atoms with Crippen molar-refractivity contribution in [2.24, 2.45) is 0 Å². The van der Waals surface area contributed by atoms with Gasteiger partial charge in [-0.2, -0.15) is 8.42 Å². The van der Waals surface area contributed by atoms with Gasteiger partial charge in [-0.3, -0.25) is 4.55 Å². The molecule has 0 heterocycles. The minimum Gasteiger partial charge on any atom is -0.506 e. The van der Waals surface area contributed by atoms with Crippen LogP contribution in [0.25, 0.3) is 0 Å². The molecule has 0 atom stereocenters. The van der Waals surface area contributed by atoms with Gasteiger partial charge in [0.2, 0.25) is 0 Å². The number of para-hydroxylation sites is 1. The minimum atomic E-state index is -4.62. The van der Waals surface area contributed by atoms with Crippen molar-refractivity contribution < 1.29 is 22.8 Å². The van der Waals surface area contributed by atoms with Crippen molar-refractivity contribution in [3.8, 4) is 17.2 Å². The van der Waals surface area contributed by atoms with Crippen molar-refractivity contribution in [3.05, 3.63) is 48.0 Å². The minimum absolute atomic E-state index is 0.0945. The van der Waals surface area contributed by atoms with E-state index in [-0.39, 0.29) is 5.75 Å². The molecule has 0 aliphatic rings. The van der Waals surface area contributed by atoms with E-state index < -0.39 is 20.8 Å². The highest BCUT2D eigenvalue weighted by molar-refractivity contribution is 7.86. The second-order valence-electron chi connectivity index (χ2n) is 6.31. The normalized spacial score (nSPS) is 11.5. The van der Waals surface area contributed by atoms with Crippen LogP contribution in [0.2, 0.25) is 0 Å². The number of ether oxygens (including phenoxy) is 1. The van der Waals surface area contributed by atoms with E-state index in [1.165, 1.54) is 25.3 Å². The Hall–Kier alpha value is -2.05. The predicted molar refractivity (Wildman–Crippen MR) is 102 cm³/mol. The fourth-order valence-corrected chi connectivity index (χ4v) is 3.58. The summed E-state index contributed by atoms with van der Waals surface area (Å²) in [5.41, 5.74) is 0.494. The van der Waals surface area contributed by atoms with Crippen LogP contribution in [0.3, 0.4) is 0 Å². The Bertz CT molecular complexity index is 800. The monoisotopic (exact) mass is 378 g/mol. The molecule has 0 spiro atoms. The number of aromatic hydroxyl groups is 1. The molecule has 142 valence electrons. The van der Waals surface area contributed by atoms with Gasteiger partial charge < -0.3 is 9.84 Å². The molecule has 5 nitrogen and oxygen atoms in total. The van der Waals surface area contributed by atoms with Crippen molar-refractivity contribution in [2.45, 2.75) is 56.8 Å². The first-order valence-electron chi connectivity index (χ1n) is 8.98. The Labute approximate surface area is 155 Å². The number of unbranched alkanes of at least 4 members (excludes halogenated alkanes) is 5. The van der Waals surface area contributed by atoms with E-state index in [0.717, 1.165) is 19.3 Å². The average Bonchev–Trinajstić information content (AvgIpc) is 2.59. The standard InChI is InChI=1S/C20H26O5S/c1-2-3-4-5-6-8-11-16-14-15-18(20(19(16)21)26(22,23)24)25-17-12-9-7-10-13-17/h7,9-10,12-15,21H,2-6,8,11H2,1H3,(H,22,23,24). The summed E-state index contributed by atoms with van der Waals surface area (Å²) in [5, 5.41) is 10.4. The SMILES string of the molecule is CCCCCCCCc1ccc(Oc2ccccc2)c(S(=O)(=O)O)c1O. The van der Waals surface area contributed by atoms with Gasteiger partial charge in [-0.05, 0) is 36.6 Å². The number of hydrogen-bond donors (Lipinski definition) is 2. The van der Waals surface area contributed by atoms with Crippen LogP contribution in [-0.2, 0) is 16.5 Å². The van der Waals surface area contributed by atoms with E-state index in [2.05, 4.69) is 6.92 Å². The third-order valence-electron chi connectivity index (χ3n) is 4.21. The second kappa shape index (κ2) is 9.59. The highest BCUT2D eigenvalue weighted by Crippen LogP contribution is 2.38. The summed E-state index contributed by atoms with van der Waals surface area (Å²) in [6.45, 7) is 2.16. The zero-order valence-electron chi connectivity index (χ0n) is 15.0. The van der Waals surface area contributed by atoms with Crippen LogP contribution in [-0.4, -0.2) is 18.1 Å². The van der Waals surface area contributed by atoms with Crippen molar-refractivity contribution >= 4 is 10.1 Å². The van der Waals surface area contributed by atoms with Gasteiger partial charge in [0.15, 0.2) is 10.6 Å². The van der Waals surface area contributed by atoms with E-state index in [4.69, 9.17) is 4.74 Å². The summed E-state index contributed by atoms with van der Waals surface area (Å²) in [6.07, 6.45) is 7.11. The number of hydrogen-bond acceptors (Lipinski definition) is 4. The van der Waals surface area contributed by atoms with Crippen molar-refractivity contribution in [3.63, 3.8) is 0 Å². The molecule has 6 heteroatoms. The molecule has 0 saturated heterocycles. The third-order valence-corrected chi connectivity index (χ3v) is 5.12. The largest absolute Gasteiger partial charge is 0.506 e. The maximum atomic E-state index is 11.8. The van der Waals surface area contributed by atoms with E-state index in [1.807, 2.05) is 0 Å². The first-order chi connectivity index (χ1) is 12.4. The van der Waals surface area contributed by atoms with Gasteiger partial charge in [0.1, 0.15) is 11.5 Å². The van der Waals surface area contributed by atoms with Crippen molar-refractivity contribution in [1.29, 1.82) is 0 Å². The molecule has 0 saturated carbocycles. The van der Waals surface area contributed by atoms with E-state index in [1.54, 1.807) is 36.4 Å². The van der Waals surface area contributed by atoms with E-state index in [9.17, 15) is 18.1 Å². The molecule has 26 heavy (non-hydrogen) atoms. The number of benzene rings is 2. The maximum Gasteiger partial charge on any atom is 0.301 e. The molecule has 2 aromatic rings. The summed E-state index contributed by atoms with van der Waals surface area (Å²) in [6, 6.07) is 11.7. The zero-order valence-corrected chi connectivity index (χ0v) is 15.8. The molecular formula is C20H26O5S. The lowest BCUT2D eigenvalue weighted by atomic mass is 10.0. The van der Waals surface area contributed by atoms with Gasteiger partial charge in [0, 0.05) is 0 Å². The first-order valence-corrected chi connectivity index (χ1v) is 10.4. The lowest BCUT2D eigenvalue weighted by Gasteiger charge is -2.14. The quantitative estimate of drug-likeness (QED) is 0.431. The molecular weight excluding hydrogens is 352 g/mol. The topological polar surface area (TPSA) is 83.8 Å². The number of rotatable bonds is 10. The number of phenolic OH excluding ortho intramolecular Hbond substituents is 1. The van der Waals surface area contributed by atoms with Crippen molar-refractivity contribution in [2.75, 3.05) is 0 Å². The first kappa shape index (κ1) is 20.3. The second-order valence-corrected chi connectivity index (χ2v) is 7.67. The Kier molecular flexibility index (Phi) is 7.48. The summed E-state index contributed by atoms with van der Waals surface area (Å²) in [4.78, 5) is -0.579. The smallest absolute Gasteiger partial charge is 0.301 e. The van der Waals surface area contributed by atoms with Crippen LogP contribution in [0.1, 0.15) is 51.0 Å². The summed E-state index contributed by atoms with van der Waals surface area (Å²) < 4.78 is 38.7. The van der Waals surface area contributed by atoms with Gasteiger partial charge in [0.05, 0.1) is 0 Å². The highest BCUT2D eigenvalue weighted by atomic mass is 32.2. The highest BCUT2D eigenvalue weighted by Gasteiger charge is 2.24. The molecule has 0 aliphatic carbocycles. The summed E-state index contributed by atoms with van der Waals surface area (Å²) in [5.74, 6) is -0.113. The molecule has 0 amide bonds. The van der Waals surface area contributed by atoms with Crippen LogP contribution in [0.4, 0.5) is 0 Å². The van der Waals surface area contributed by atoms with Gasteiger partial charge >= 0.3 is 10.1 Å². The molecule has 0 fully saturated rings. The Morgan fingerprint density at radius 2 is 1.58 bits per heavy atom. The molecule has 0 radical (unpaired) electrons. The average molecular weight is 378 g/mol. The fourth-order valence-electron chi connectivity index (χ4n) is 2.84. The van der Waals surface area contributed by atoms with Crippen LogP contribution in [0, 0.1) is 0 Å². The molecule has 2 rings (SSSR count). The van der Waals surface area contributed by atoms with Gasteiger partial charge in [-0.25, -0.2) is 0 Å². The molecule has 0 unspecified atom stereocenters. The summed E-state index contributed by atoms with van der Waals surface area (Å²) >= 11 is 0. The van der Waals surface area contributed by atoms with Crippen LogP contribution < -0.4 is 4.74 Å². The lowest BCUT2D eigenvalue weighted by Crippen LogP contribution is -2.04. The Morgan fingerprint density at radius 3 is 2.23 bits per heavy atom. The Morgan fingerprint density at radius 1 is 0.923 bits per heavy atom. The molecule has 0 aliphatic heterocycles. The van der Waals surface area contributed by atoms with Crippen LogP contribution >= 0.6 is 0 Å². The molecule has 0 aromatic heterocycles. The zero-order chi connectivity index (χ0) is 19.0. The molecule has 2 N–H and O–H groups in total. The third kappa shape index (κ3) is 5.75. The molecule has 2 aromatic carbocycles. The van der Waals surface area contributed by atoms with Crippen molar-refractivity contribution in [1.82, 2.24) is 0 Å². The van der Waals surface area contributed by atoms with Crippen LogP contribution in [0.15, 0.2) is 47.4 Å². The summed E-state index contributed by atoms with van der Waals surface area (Å²) in [7, 11) is -4.62. The van der Waals surface area contributed by atoms with Gasteiger partial charge in [-0.1, -0.05) is 63.3 Å². The van der Waals surface area contributed by atoms with Crippen LogP contribution in [0.5, 0.6) is 17.2 Å². The van der Waals surface area contributed by atoms with Gasteiger partial charge in [-0.15, -0.1) is 0 Å². The fraction of sp³-hybridized carbons (Fsp3) is 0.400. The predicted octanol–water partition coefficient (Wildman–Crippen LogP) is 5.33. The number of phenols is 1. The Balaban J connectivity index is 2.17.